The third-order valence-corrected chi connectivity index (χ3v) is 2.82. The molecule has 0 aliphatic carbocycles. The van der Waals surface area contributed by atoms with Crippen LogP contribution in [0.5, 0.6) is 0 Å². The Bertz CT molecular complexity index is 126. The minimum atomic E-state index is 0.850. The van der Waals surface area contributed by atoms with Crippen LogP contribution in [-0.2, 0) is 4.74 Å². The second-order valence-electron chi connectivity index (χ2n) is 3.46. The lowest BCUT2D eigenvalue weighted by Gasteiger charge is -2.45. The van der Waals surface area contributed by atoms with Gasteiger partial charge in [0.25, 0.3) is 0 Å². The minimum Gasteiger partial charge on any atom is -0.381 e. The fourth-order valence-corrected chi connectivity index (χ4v) is 2.13. The third-order valence-electron chi connectivity index (χ3n) is 2.82. The van der Waals surface area contributed by atoms with Crippen LogP contribution < -0.4 is 0 Å². The molecule has 0 saturated carbocycles. The van der Waals surface area contributed by atoms with Crippen molar-refractivity contribution in [2.45, 2.75) is 18.9 Å². The van der Waals surface area contributed by atoms with E-state index in [0.717, 1.165) is 25.2 Å². The SMILES string of the molecule is CN1CC2CCOCCC21. The normalized spacial score (nSPS) is 41.7. The molecule has 2 nitrogen and oxygen atoms in total. The lowest BCUT2D eigenvalue weighted by atomic mass is 9.85. The zero-order valence-electron chi connectivity index (χ0n) is 6.55. The molecule has 58 valence electrons. The number of hydrogen-bond donors (Lipinski definition) is 0. The molecule has 0 bridgehead atoms. The zero-order valence-corrected chi connectivity index (χ0v) is 6.55. The lowest BCUT2D eigenvalue weighted by Crippen LogP contribution is -2.53. The van der Waals surface area contributed by atoms with Crippen LogP contribution in [0.25, 0.3) is 0 Å². The number of nitrogens with zero attached hydrogens (tertiary/aromatic N) is 1. The summed E-state index contributed by atoms with van der Waals surface area (Å²) in [6, 6.07) is 0.850. The Morgan fingerprint density at radius 3 is 2.90 bits per heavy atom. The molecule has 0 aromatic heterocycles. The Balaban J connectivity index is 1.93. The average Bonchev–Trinajstić information content (AvgIpc) is 2.09. The molecule has 0 spiro atoms. The first-order valence-corrected chi connectivity index (χ1v) is 4.16. The second kappa shape index (κ2) is 2.51. The van der Waals surface area contributed by atoms with Crippen LogP contribution in [0.1, 0.15) is 12.8 Å². The molecule has 2 heterocycles. The summed E-state index contributed by atoms with van der Waals surface area (Å²) in [5.41, 5.74) is 0. The number of rotatable bonds is 0. The second-order valence-corrected chi connectivity index (χ2v) is 3.46. The summed E-state index contributed by atoms with van der Waals surface area (Å²) in [7, 11) is 2.21. The monoisotopic (exact) mass is 141 g/mol. The predicted molar refractivity (Wildman–Crippen MR) is 40.0 cm³/mol. The van der Waals surface area contributed by atoms with Crippen molar-refractivity contribution >= 4 is 0 Å². The van der Waals surface area contributed by atoms with Gasteiger partial charge < -0.3 is 9.64 Å². The van der Waals surface area contributed by atoms with E-state index in [0.29, 0.717) is 0 Å². The highest BCUT2D eigenvalue weighted by molar-refractivity contribution is 4.90. The Morgan fingerprint density at radius 1 is 1.30 bits per heavy atom. The molecule has 2 fully saturated rings. The average molecular weight is 141 g/mol. The fraction of sp³-hybridized carbons (Fsp3) is 1.00. The highest BCUT2D eigenvalue weighted by atomic mass is 16.5. The van der Waals surface area contributed by atoms with Crippen molar-refractivity contribution in [3.8, 4) is 0 Å². The van der Waals surface area contributed by atoms with Gasteiger partial charge in [-0.25, -0.2) is 0 Å². The van der Waals surface area contributed by atoms with Crippen LogP contribution in [0.3, 0.4) is 0 Å². The van der Waals surface area contributed by atoms with Gasteiger partial charge in [0.2, 0.25) is 0 Å². The van der Waals surface area contributed by atoms with Crippen LogP contribution >= 0.6 is 0 Å². The quantitative estimate of drug-likeness (QED) is 0.493. The molecule has 0 radical (unpaired) electrons. The molecule has 2 aliphatic rings. The van der Waals surface area contributed by atoms with Crippen molar-refractivity contribution in [3.63, 3.8) is 0 Å². The standard InChI is InChI=1S/C8H15NO/c1-9-6-7-2-4-10-5-3-8(7)9/h7-8H,2-6H2,1H3. The largest absolute Gasteiger partial charge is 0.381 e. The zero-order chi connectivity index (χ0) is 6.97. The van der Waals surface area contributed by atoms with Crippen molar-refractivity contribution in [2.75, 3.05) is 26.8 Å². The summed E-state index contributed by atoms with van der Waals surface area (Å²) < 4.78 is 5.40. The Hall–Kier alpha value is -0.0800. The van der Waals surface area contributed by atoms with Gasteiger partial charge in [0.15, 0.2) is 0 Å². The molecule has 2 heteroatoms. The third kappa shape index (κ3) is 0.956. The summed E-state index contributed by atoms with van der Waals surface area (Å²) in [4.78, 5) is 2.44. The van der Waals surface area contributed by atoms with E-state index in [1.807, 2.05) is 0 Å². The minimum absolute atomic E-state index is 0.850. The van der Waals surface area contributed by atoms with Crippen molar-refractivity contribution in [2.24, 2.45) is 5.92 Å². The van der Waals surface area contributed by atoms with Gasteiger partial charge in [0.05, 0.1) is 0 Å². The molecule has 0 amide bonds. The van der Waals surface area contributed by atoms with E-state index in [9.17, 15) is 0 Å². The Morgan fingerprint density at radius 2 is 2.10 bits per heavy atom. The number of hydrogen-bond acceptors (Lipinski definition) is 2. The van der Waals surface area contributed by atoms with Gasteiger partial charge in [-0.15, -0.1) is 0 Å². The van der Waals surface area contributed by atoms with Crippen molar-refractivity contribution in [1.82, 2.24) is 4.90 Å². The maximum atomic E-state index is 5.40. The number of likely N-dealkylation sites (tertiary alicyclic amines) is 1. The Labute approximate surface area is 62.2 Å². The molecule has 2 rings (SSSR count). The van der Waals surface area contributed by atoms with Crippen molar-refractivity contribution in [1.29, 1.82) is 0 Å². The van der Waals surface area contributed by atoms with Crippen molar-refractivity contribution < 1.29 is 4.74 Å². The molecule has 2 saturated heterocycles. The van der Waals surface area contributed by atoms with E-state index >= 15 is 0 Å². The fourth-order valence-electron chi connectivity index (χ4n) is 2.13. The highest BCUT2D eigenvalue weighted by Gasteiger charge is 2.36. The first-order valence-electron chi connectivity index (χ1n) is 4.16. The van der Waals surface area contributed by atoms with Gasteiger partial charge in [-0.2, -0.15) is 0 Å². The Kier molecular flexibility index (Phi) is 1.66. The van der Waals surface area contributed by atoms with Gasteiger partial charge in [0, 0.05) is 25.8 Å². The van der Waals surface area contributed by atoms with Crippen LogP contribution in [0.15, 0.2) is 0 Å². The number of ether oxygens (including phenoxy) is 1. The van der Waals surface area contributed by atoms with Crippen LogP contribution in [0.4, 0.5) is 0 Å². The maximum absolute atomic E-state index is 5.40. The molecule has 0 aromatic carbocycles. The smallest absolute Gasteiger partial charge is 0.0481 e. The van der Waals surface area contributed by atoms with Crippen LogP contribution in [0, 0.1) is 5.92 Å². The lowest BCUT2D eigenvalue weighted by molar-refractivity contribution is 0.0397. The highest BCUT2D eigenvalue weighted by Crippen LogP contribution is 2.30. The molecule has 2 unspecified atom stereocenters. The van der Waals surface area contributed by atoms with E-state index in [4.69, 9.17) is 4.74 Å². The molecule has 0 N–H and O–H groups in total. The van der Waals surface area contributed by atoms with E-state index in [1.165, 1.54) is 19.4 Å². The van der Waals surface area contributed by atoms with E-state index in [-0.39, 0.29) is 0 Å². The summed E-state index contributed by atoms with van der Waals surface area (Å²) in [5.74, 6) is 0.951. The summed E-state index contributed by atoms with van der Waals surface area (Å²) in [5, 5.41) is 0. The van der Waals surface area contributed by atoms with Crippen LogP contribution in [-0.4, -0.2) is 37.7 Å². The van der Waals surface area contributed by atoms with Crippen LogP contribution in [0.2, 0.25) is 0 Å². The van der Waals surface area contributed by atoms with Crippen molar-refractivity contribution in [3.05, 3.63) is 0 Å². The van der Waals surface area contributed by atoms with E-state index in [1.54, 1.807) is 0 Å². The molecule has 0 aromatic rings. The summed E-state index contributed by atoms with van der Waals surface area (Å²) in [6.07, 6.45) is 2.54. The summed E-state index contributed by atoms with van der Waals surface area (Å²) >= 11 is 0. The van der Waals surface area contributed by atoms with Gasteiger partial charge in [-0.3, -0.25) is 0 Å². The van der Waals surface area contributed by atoms with Gasteiger partial charge >= 0.3 is 0 Å². The summed E-state index contributed by atoms with van der Waals surface area (Å²) in [6.45, 7) is 3.27. The van der Waals surface area contributed by atoms with Gasteiger partial charge in [0.1, 0.15) is 0 Å². The molecule has 10 heavy (non-hydrogen) atoms. The van der Waals surface area contributed by atoms with E-state index < -0.39 is 0 Å². The molecule has 2 aliphatic heterocycles. The molecule has 2 atom stereocenters. The first kappa shape index (κ1) is 6.62. The first-order chi connectivity index (χ1) is 4.88. The number of fused-ring (bicyclic) bond motifs is 1. The molecular weight excluding hydrogens is 126 g/mol. The van der Waals surface area contributed by atoms with E-state index in [2.05, 4.69) is 11.9 Å². The van der Waals surface area contributed by atoms with Gasteiger partial charge in [-0.05, 0) is 25.8 Å². The molecular formula is C8H15NO. The topological polar surface area (TPSA) is 12.5 Å². The van der Waals surface area contributed by atoms with Gasteiger partial charge in [-0.1, -0.05) is 0 Å². The maximum Gasteiger partial charge on any atom is 0.0481 e. The predicted octanol–water partition coefficient (Wildman–Crippen LogP) is 0.727.